The highest BCUT2D eigenvalue weighted by Gasteiger charge is 2.38. The van der Waals surface area contributed by atoms with Gasteiger partial charge in [-0.05, 0) is 62.2 Å². The first-order chi connectivity index (χ1) is 14.5. The molecule has 2 N–H and O–H groups in total. The van der Waals surface area contributed by atoms with Crippen molar-refractivity contribution in [3.63, 3.8) is 0 Å². The minimum Gasteiger partial charge on any atom is -0.369 e. The topological polar surface area (TPSA) is 94.1 Å². The Bertz CT molecular complexity index is 1140. The van der Waals surface area contributed by atoms with Crippen LogP contribution in [0.1, 0.15) is 36.7 Å². The molecule has 4 rings (SSSR count). The number of primary amides is 1. The summed E-state index contributed by atoms with van der Waals surface area (Å²) in [6.45, 7) is 4.07. The van der Waals surface area contributed by atoms with E-state index in [1.165, 1.54) is 0 Å². The molecule has 30 heavy (non-hydrogen) atoms. The maximum Gasteiger partial charge on any atom is 0.221 e. The Balaban J connectivity index is 1.77. The summed E-state index contributed by atoms with van der Waals surface area (Å²) in [6, 6.07) is 13.8. The van der Waals surface area contributed by atoms with Crippen molar-refractivity contribution >= 4 is 11.6 Å². The summed E-state index contributed by atoms with van der Waals surface area (Å²) in [6.07, 6.45) is 7.96. The lowest BCUT2D eigenvalue weighted by Gasteiger charge is -2.34. The zero-order valence-corrected chi connectivity index (χ0v) is 17.0. The van der Waals surface area contributed by atoms with Gasteiger partial charge in [0.1, 0.15) is 0 Å². The monoisotopic (exact) mass is 397 g/mol. The van der Waals surface area contributed by atoms with Crippen LogP contribution in [0.5, 0.6) is 0 Å². The molecule has 6 nitrogen and oxygen atoms in total. The molecule has 1 aliphatic heterocycles. The maximum absolute atomic E-state index is 11.5. The maximum atomic E-state index is 11.5. The van der Waals surface area contributed by atoms with Gasteiger partial charge in [0.05, 0.1) is 22.5 Å². The Morgan fingerprint density at radius 3 is 2.60 bits per heavy atom. The van der Waals surface area contributed by atoms with E-state index in [1.54, 1.807) is 18.6 Å². The Morgan fingerprint density at radius 2 is 1.93 bits per heavy atom. The highest BCUT2D eigenvalue weighted by atomic mass is 16.1. The predicted molar refractivity (Wildman–Crippen MR) is 117 cm³/mol. The number of carbonyl (C=O) groups excluding carboxylic acids is 1. The molecule has 0 aliphatic carbocycles. The number of rotatable bonds is 5. The van der Waals surface area contributed by atoms with E-state index in [-0.39, 0.29) is 12.3 Å². The summed E-state index contributed by atoms with van der Waals surface area (Å²) in [4.78, 5) is 29.7. The Morgan fingerprint density at radius 1 is 1.07 bits per heavy atom. The lowest BCUT2D eigenvalue weighted by Crippen LogP contribution is -2.37. The van der Waals surface area contributed by atoms with E-state index in [0.717, 1.165) is 39.5 Å². The third-order valence-electron chi connectivity index (χ3n) is 5.34. The molecule has 0 saturated carbocycles. The van der Waals surface area contributed by atoms with Crippen LogP contribution >= 0.6 is 0 Å². The first-order valence-electron chi connectivity index (χ1n) is 9.81. The van der Waals surface area contributed by atoms with Crippen LogP contribution in [0.4, 0.5) is 0 Å². The van der Waals surface area contributed by atoms with Crippen molar-refractivity contribution < 1.29 is 4.79 Å². The molecule has 1 aliphatic rings. The molecule has 0 fully saturated rings. The molecule has 1 unspecified atom stereocenters. The van der Waals surface area contributed by atoms with Gasteiger partial charge in [-0.15, -0.1) is 0 Å². The van der Waals surface area contributed by atoms with Crippen molar-refractivity contribution in [3.8, 4) is 11.3 Å². The number of amides is 1. The van der Waals surface area contributed by atoms with Crippen LogP contribution < -0.4 is 5.73 Å². The molecule has 1 atom stereocenters. The van der Waals surface area contributed by atoms with E-state index in [0.29, 0.717) is 6.42 Å². The number of nitrogens with zero attached hydrogens (tertiary/aromatic N) is 4. The summed E-state index contributed by atoms with van der Waals surface area (Å²) in [7, 11) is 0. The van der Waals surface area contributed by atoms with Gasteiger partial charge in [-0.1, -0.05) is 6.07 Å². The lowest BCUT2D eigenvalue weighted by atomic mass is 9.72. The molecule has 4 heterocycles. The molecule has 0 radical (unpaired) electrons. The van der Waals surface area contributed by atoms with Crippen LogP contribution in [0.3, 0.4) is 0 Å². The zero-order chi connectivity index (χ0) is 21.1. The Hall–Kier alpha value is -3.67. The molecular weight excluding hydrogens is 374 g/mol. The number of carbonyl (C=O) groups is 1. The summed E-state index contributed by atoms with van der Waals surface area (Å²) in [5.74, 6) is -0.361. The SMILES string of the molecule is Cc1cc(C2=NC=C(CC(N)=O)CC2(C)c2ccc(-c3ccccn3)cn2)ccn1. The zero-order valence-electron chi connectivity index (χ0n) is 17.0. The van der Waals surface area contributed by atoms with Gasteiger partial charge in [0.25, 0.3) is 0 Å². The van der Waals surface area contributed by atoms with Gasteiger partial charge in [-0.25, -0.2) is 0 Å². The fourth-order valence-corrected chi connectivity index (χ4v) is 3.92. The lowest BCUT2D eigenvalue weighted by molar-refractivity contribution is -0.117. The largest absolute Gasteiger partial charge is 0.369 e. The second-order valence-corrected chi connectivity index (χ2v) is 7.75. The van der Waals surface area contributed by atoms with Crippen molar-refractivity contribution in [2.45, 2.75) is 32.1 Å². The molecule has 0 spiro atoms. The molecule has 6 heteroatoms. The van der Waals surface area contributed by atoms with E-state index in [4.69, 9.17) is 15.7 Å². The average Bonchev–Trinajstić information content (AvgIpc) is 2.74. The van der Waals surface area contributed by atoms with E-state index < -0.39 is 5.41 Å². The van der Waals surface area contributed by atoms with Crippen LogP contribution in [-0.4, -0.2) is 26.6 Å². The van der Waals surface area contributed by atoms with Crippen LogP contribution in [-0.2, 0) is 10.2 Å². The number of pyridine rings is 3. The molecule has 1 amide bonds. The van der Waals surface area contributed by atoms with Crippen molar-refractivity contribution in [1.82, 2.24) is 15.0 Å². The highest BCUT2D eigenvalue weighted by Crippen LogP contribution is 2.38. The predicted octanol–water partition coefficient (Wildman–Crippen LogP) is 3.76. The number of aliphatic imine (C=N–C) groups is 1. The van der Waals surface area contributed by atoms with Crippen LogP contribution in [0.15, 0.2) is 77.8 Å². The average molecular weight is 397 g/mol. The quantitative estimate of drug-likeness (QED) is 0.709. The van der Waals surface area contributed by atoms with Crippen LogP contribution in [0.25, 0.3) is 11.3 Å². The first kappa shape index (κ1) is 19.6. The molecule has 3 aromatic rings. The molecule has 0 saturated heterocycles. The highest BCUT2D eigenvalue weighted by molar-refractivity contribution is 6.09. The molecule has 0 aromatic carbocycles. The number of hydrogen-bond acceptors (Lipinski definition) is 5. The normalized spacial score (nSPS) is 18.5. The van der Waals surface area contributed by atoms with E-state index in [1.807, 2.05) is 55.6 Å². The number of nitrogens with two attached hydrogens (primary N) is 1. The smallest absolute Gasteiger partial charge is 0.221 e. The summed E-state index contributed by atoms with van der Waals surface area (Å²) >= 11 is 0. The van der Waals surface area contributed by atoms with Crippen molar-refractivity contribution in [1.29, 1.82) is 0 Å². The Kier molecular flexibility index (Phi) is 5.23. The first-order valence-corrected chi connectivity index (χ1v) is 9.81. The van der Waals surface area contributed by atoms with Crippen molar-refractivity contribution in [3.05, 3.63) is 89.8 Å². The van der Waals surface area contributed by atoms with Gasteiger partial charge >= 0.3 is 0 Å². The van der Waals surface area contributed by atoms with Gasteiger partial charge in [0.15, 0.2) is 0 Å². The summed E-state index contributed by atoms with van der Waals surface area (Å²) in [5, 5.41) is 0. The van der Waals surface area contributed by atoms with Crippen LogP contribution in [0.2, 0.25) is 0 Å². The van der Waals surface area contributed by atoms with Gasteiger partial charge < -0.3 is 5.73 Å². The fraction of sp³-hybridized carbons (Fsp3) is 0.208. The Labute approximate surface area is 175 Å². The standard InChI is InChI=1S/C24H23N5O/c1-16-11-18(8-10-26-16)23-24(2,13-17(14-29-23)12-22(25)30)21-7-6-19(15-28-21)20-5-3-4-9-27-20/h3-11,14-15H,12-13H2,1-2H3,(H2,25,30). The number of hydrogen-bond donors (Lipinski definition) is 1. The second-order valence-electron chi connectivity index (χ2n) is 7.75. The summed E-state index contributed by atoms with van der Waals surface area (Å²) in [5.41, 5.74) is 11.4. The van der Waals surface area contributed by atoms with E-state index in [9.17, 15) is 4.79 Å². The third-order valence-corrected chi connectivity index (χ3v) is 5.34. The van der Waals surface area contributed by atoms with Gasteiger partial charge in [0, 0.05) is 48.0 Å². The molecule has 0 bridgehead atoms. The number of aryl methyl sites for hydroxylation is 1. The van der Waals surface area contributed by atoms with Gasteiger partial charge in [0.2, 0.25) is 5.91 Å². The number of aromatic nitrogens is 3. The molecule has 3 aromatic heterocycles. The molecule has 150 valence electrons. The van der Waals surface area contributed by atoms with Crippen LogP contribution in [0, 0.1) is 6.92 Å². The summed E-state index contributed by atoms with van der Waals surface area (Å²) < 4.78 is 0. The van der Waals surface area contributed by atoms with Crippen molar-refractivity contribution in [2.75, 3.05) is 0 Å². The minimum absolute atomic E-state index is 0.188. The van der Waals surface area contributed by atoms with Gasteiger partial charge in [-0.3, -0.25) is 24.7 Å². The molecular formula is C24H23N5O. The van der Waals surface area contributed by atoms with Gasteiger partial charge in [-0.2, -0.15) is 0 Å². The van der Waals surface area contributed by atoms with E-state index in [2.05, 4.69) is 16.9 Å². The minimum atomic E-state index is -0.504. The third kappa shape index (κ3) is 3.89. The van der Waals surface area contributed by atoms with E-state index >= 15 is 0 Å². The van der Waals surface area contributed by atoms with Crippen molar-refractivity contribution in [2.24, 2.45) is 10.7 Å². The fourth-order valence-electron chi connectivity index (χ4n) is 3.92. The second kappa shape index (κ2) is 7.99.